The lowest BCUT2D eigenvalue weighted by Crippen LogP contribution is -2.26. The fraction of sp³-hybridized carbons (Fsp3) is 0.269. The van der Waals surface area contributed by atoms with Crippen LogP contribution >= 0.6 is 0 Å². The molecule has 0 atom stereocenters. The van der Waals surface area contributed by atoms with Crippen molar-refractivity contribution in [2.45, 2.75) is 32.7 Å². The molecule has 0 aliphatic carbocycles. The van der Waals surface area contributed by atoms with Gasteiger partial charge in [0, 0.05) is 30.9 Å². The van der Waals surface area contributed by atoms with E-state index < -0.39 is 0 Å². The van der Waals surface area contributed by atoms with Gasteiger partial charge in [0.1, 0.15) is 18.2 Å². The van der Waals surface area contributed by atoms with E-state index in [1.807, 2.05) is 36.4 Å². The first kappa shape index (κ1) is 21.6. The van der Waals surface area contributed by atoms with Crippen LogP contribution in [0.2, 0.25) is 0 Å². The van der Waals surface area contributed by atoms with Gasteiger partial charge in [0.25, 0.3) is 5.91 Å². The fourth-order valence-corrected chi connectivity index (χ4v) is 3.79. The normalized spacial score (nSPS) is 11.1. The molecule has 0 spiro atoms. The van der Waals surface area contributed by atoms with Crippen LogP contribution < -0.4 is 10.1 Å². The maximum absolute atomic E-state index is 12.3. The van der Waals surface area contributed by atoms with E-state index in [0.29, 0.717) is 37.6 Å². The van der Waals surface area contributed by atoms with Gasteiger partial charge >= 0.3 is 0 Å². The van der Waals surface area contributed by atoms with E-state index in [4.69, 9.17) is 9.72 Å². The van der Waals surface area contributed by atoms with Gasteiger partial charge in [-0.25, -0.2) is 4.98 Å². The first-order chi connectivity index (χ1) is 15.6. The highest BCUT2D eigenvalue weighted by Gasteiger charge is 2.12. The number of carbonyl (C=O) groups excluding carboxylic acids is 1. The van der Waals surface area contributed by atoms with E-state index in [0.717, 1.165) is 22.6 Å². The maximum atomic E-state index is 12.3. The summed E-state index contributed by atoms with van der Waals surface area (Å²) in [6.07, 6.45) is 3.87. The number of rotatable bonds is 9. The van der Waals surface area contributed by atoms with Crippen LogP contribution in [0.15, 0.2) is 73.1 Å². The predicted molar refractivity (Wildman–Crippen MR) is 126 cm³/mol. The summed E-state index contributed by atoms with van der Waals surface area (Å²) in [5, 5.41) is 2.97. The third kappa shape index (κ3) is 4.97. The minimum Gasteiger partial charge on any atom is -0.491 e. The second-order valence-corrected chi connectivity index (χ2v) is 7.95. The standard InChI is InChI=1S/C26H28N4O2/c1-19(2)21-7-3-6-10-24(21)32-18-17-30-23-9-5-4-8-22(23)29-25(30)13-16-28-26(31)20-11-14-27-15-12-20/h3-12,14-15,19H,13,16-18H2,1-2H3,(H,28,31). The molecule has 2 aromatic carbocycles. The summed E-state index contributed by atoms with van der Waals surface area (Å²) < 4.78 is 8.34. The number of hydrogen-bond acceptors (Lipinski definition) is 4. The first-order valence-corrected chi connectivity index (χ1v) is 11.0. The Morgan fingerprint density at radius 2 is 1.78 bits per heavy atom. The van der Waals surface area contributed by atoms with E-state index in [9.17, 15) is 4.79 Å². The Morgan fingerprint density at radius 3 is 2.59 bits per heavy atom. The third-order valence-corrected chi connectivity index (χ3v) is 5.42. The number of para-hydroxylation sites is 3. The number of hydrogen-bond donors (Lipinski definition) is 1. The van der Waals surface area contributed by atoms with Crippen LogP contribution in [0.3, 0.4) is 0 Å². The van der Waals surface area contributed by atoms with Crippen molar-refractivity contribution in [3.05, 3.63) is 90.0 Å². The highest BCUT2D eigenvalue weighted by molar-refractivity contribution is 5.93. The number of pyridine rings is 1. The average Bonchev–Trinajstić information content (AvgIpc) is 3.17. The zero-order valence-electron chi connectivity index (χ0n) is 18.5. The van der Waals surface area contributed by atoms with Gasteiger partial charge in [0.2, 0.25) is 0 Å². The van der Waals surface area contributed by atoms with Crippen LogP contribution in [0.4, 0.5) is 0 Å². The number of benzene rings is 2. The molecule has 1 amide bonds. The lowest BCUT2D eigenvalue weighted by atomic mass is 10.0. The number of nitrogens with one attached hydrogen (secondary N) is 1. The highest BCUT2D eigenvalue weighted by atomic mass is 16.5. The van der Waals surface area contributed by atoms with Gasteiger partial charge in [-0.2, -0.15) is 0 Å². The number of fused-ring (bicyclic) bond motifs is 1. The van der Waals surface area contributed by atoms with Crippen molar-refractivity contribution in [2.24, 2.45) is 0 Å². The second-order valence-electron chi connectivity index (χ2n) is 7.95. The molecule has 4 rings (SSSR count). The van der Waals surface area contributed by atoms with Crippen LogP contribution in [0.5, 0.6) is 5.75 Å². The number of aromatic nitrogens is 3. The molecule has 0 bridgehead atoms. The van der Waals surface area contributed by atoms with Gasteiger partial charge < -0.3 is 14.6 Å². The third-order valence-electron chi connectivity index (χ3n) is 5.42. The summed E-state index contributed by atoms with van der Waals surface area (Å²) in [5.41, 5.74) is 3.84. The Labute approximate surface area is 188 Å². The summed E-state index contributed by atoms with van der Waals surface area (Å²) >= 11 is 0. The minimum absolute atomic E-state index is 0.108. The van der Waals surface area contributed by atoms with E-state index >= 15 is 0 Å². The number of nitrogens with zero attached hydrogens (tertiary/aromatic N) is 3. The number of amides is 1. The Hall–Kier alpha value is -3.67. The maximum Gasteiger partial charge on any atom is 0.251 e. The summed E-state index contributed by atoms with van der Waals surface area (Å²) in [7, 11) is 0. The summed E-state index contributed by atoms with van der Waals surface area (Å²) in [6, 6.07) is 19.7. The molecular formula is C26H28N4O2. The van der Waals surface area contributed by atoms with Crippen molar-refractivity contribution < 1.29 is 9.53 Å². The smallest absolute Gasteiger partial charge is 0.251 e. The van der Waals surface area contributed by atoms with Crippen LogP contribution in [0.25, 0.3) is 11.0 Å². The van der Waals surface area contributed by atoms with Crippen LogP contribution in [-0.2, 0) is 13.0 Å². The number of carbonyl (C=O) groups is 1. The number of ether oxygens (including phenoxy) is 1. The molecule has 0 saturated carbocycles. The monoisotopic (exact) mass is 428 g/mol. The fourth-order valence-electron chi connectivity index (χ4n) is 3.79. The van der Waals surface area contributed by atoms with Gasteiger partial charge in [-0.1, -0.05) is 44.2 Å². The molecule has 0 saturated heterocycles. The van der Waals surface area contributed by atoms with Crippen LogP contribution in [-0.4, -0.2) is 33.6 Å². The molecule has 0 aliphatic rings. The van der Waals surface area contributed by atoms with Crippen molar-refractivity contribution in [1.29, 1.82) is 0 Å². The Balaban J connectivity index is 1.44. The van der Waals surface area contributed by atoms with Crippen molar-refractivity contribution in [3.63, 3.8) is 0 Å². The van der Waals surface area contributed by atoms with E-state index in [-0.39, 0.29) is 5.91 Å². The molecule has 0 unspecified atom stereocenters. The van der Waals surface area contributed by atoms with Gasteiger partial charge in [0.05, 0.1) is 17.6 Å². The van der Waals surface area contributed by atoms with Gasteiger partial charge in [0.15, 0.2) is 0 Å². The van der Waals surface area contributed by atoms with Crippen molar-refractivity contribution in [2.75, 3.05) is 13.2 Å². The topological polar surface area (TPSA) is 69.0 Å². The van der Waals surface area contributed by atoms with Crippen molar-refractivity contribution in [1.82, 2.24) is 19.9 Å². The van der Waals surface area contributed by atoms with E-state index in [1.54, 1.807) is 24.5 Å². The quantitative estimate of drug-likeness (QED) is 0.423. The average molecular weight is 429 g/mol. The predicted octanol–water partition coefficient (Wildman–Crippen LogP) is 4.61. The van der Waals surface area contributed by atoms with Crippen LogP contribution in [0, 0.1) is 0 Å². The molecule has 2 aromatic heterocycles. The molecule has 164 valence electrons. The van der Waals surface area contributed by atoms with Crippen LogP contribution in [0.1, 0.15) is 41.5 Å². The SMILES string of the molecule is CC(C)c1ccccc1OCCn1c(CCNC(=O)c2ccncc2)nc2ccccc21. The molecule has 32 heavy (non-hydrogen) atoms. The van der Waals surface area contributed by atoms with Crippen molar-refractivity contribution >= 4 is 16.9 Å². The molecule has 0 radical (unpaired) electrons. The van der Waals surface area contributed by atoms with E-state index in [2.05, 4.69) is 40.8 Å². The Kier molecular flexibility index (Phi) is 6.80. The van der Waals surface area contributed by atoms with Crippen molar-refractivity contribution in [3.8, 4) is 5.75 Å². The Bertz CT molecular complexity index is 1180. The molecule has 4 aromatic rings. The highest BCUT2D eigenvalue weighted by Crippen LogP contribution is 2.26. The summed E-state index contributed by atoms with van der Waals surface area (Å²) in [6.45, 7) is 6.07. The summed E-state index contributed by atoms with van der Waals surface area (Å²) in [5.74, 6) is 2.16. The lowest BCUT2D eigenvalue weighted by molar-refractivity contribution is 0.0953. The minimum atomic E-state index is -0.108. The molecule has 6 heteroatoms. The molecule has 0 aliphatic heterocycles. The second kappa shape index (κ2) is 10.1. The molecule has 2 heterocycles. The molecular weight excluding hydrogens is 400 g/mol. The van der Waals surface area contributed by atoms with Gasteiger partial charge in [-0.3, -0.25) is 9.78 Å². The van der Waals surface area contributed by atoms with Gasteiger partial charge in [-0.15, -0.1) is 0 Å². The molecule has 6 nitrogen and oxygen atoms in total. The summed E-state index contributed by atoms with van der Waals surface area (Å²) in [4.78, 5) is 21.1. The molecule has 0 fully saturated rings. The van der Waals surface area contributed by atoms with E-state index in [1.165, 1.54) is 5.56 Å². The van der Waals surface area contributed by atoms with Gasteiger partial charge in [-0.05, 0) is 41.8 Å². The zero-order chi connectivity index (χ0) is 22.3. The lowest BCUT2D eigenvalue weighted by Gasteiger charge is -2.15. The number of imidazole rings is 1. The molecule has 1 N–H and O–H groups in total. The first-order valence-electron chi connectivity index (χ1n) is 11.0. The Morgan fingerprint density at radius 1 is 1.03 bits per heavy atom. The zero-order valence-corrected chi connectivity index (χ0v) is 18.5. The largest absolute Gasteiger partial charge is 0.491 e.